The zero-order valence-corrected chi connectivity index (χ0v) is 18.8. The van der Waals surface area contributed by atoms with E-state index in [1.165, 1.54) is 4.31 Å². The van der Waals surface area contributed by atoms with Crippen molar-refractivity contribution in [3.63, 3.8) is 0 Å². The Kier molecular flexibility index (Phi) is 6.67. The Morgan fingerprint density at radius 3 is 2.12 bits per heavy atom. The number of halogens is 1. The van der Waals surface area contributed by atoms with Crippen molar-refractivity contribution >= 4 is 21.6 Å². The maximum atomic E-state index is 13.6. The molecular formula is C24H24ClNO5S. The first-order valence-corrected chi connectivity index (χ1v) is 12.1. The Morgan fingerprint density at radius 2 is 1.53 bits per heavy atom. The summed E-state index contributed by atoms with van der Waals surface area (Å²) >= 11 is 5.95. The highest BCUT2D eigenvalue weighted by atomic mass is 35.5. The van der Waals surface area contributed by atoms with Gasteiger partial charge in [-0.3, -0.25) is 0 Å². The molecule has 0 bridgehead atoms. The van der Waals surface area contributed by atoms with Crippen LogP contribution in [0.3, 0.4) is 0 Å². The molecule has 0 saturated carbocycles. The van der Waals surface area contributed by atoms with E-state index in [0.717, 1.165) is 16.7 Å². The van der Waals surface area contributed by atoms with Crippen molar-refractivity contribution in [2.24, 2.45) is 0 Å². The standard InChI is InChI=1S/C24H24ClNO5S/c25-21-11-7-19(8-12-21)20-9-13-22(14-10-20)32(29,30)26-16-4-15-24(26,31-23(27)28)17-18-5-2-1-3-6-18/h1-3,5-14,23,27-28H,4,15-17H2. The van der Waals surface area contributed by atoms with E-state index in [9.17, 15) is 18.6 Å². The number of aliphatic hydroxyl groups excluding tert-OH is 1. The quantitative estimate of drug-likeness (QED) is 0.506. The molecule has 0 radical (unpaired) electrons. The van der Waals surface area contributed by atoms with Gasteiger partial charge in [0.15, 0.2) is 0 Å². The molecular weight excluding hydrogens is 450 g/mol. The summed E-state index contributed by atoms with van der Waals surface area (Å²) in [4.78, 5) is 0.116. The van der Waals surface area contributed by atoms with E-state index in [2.05, 4.69) is 0 Å². The molecule has 168 valence electrons. The Labute approximate surface area is 192 Å². The van der Waals surface area contributed by atoms with Crippen LogP contribution in [0.15, 0.2) is 83.8 Å². The third kappa shape index (κ3) is 4.73. The summed E-state index contributed by atoms with van der Waals surface area (Å²) < 4.78 is 33.9. The van der Waals surface area contributed by atoms with Crippen LogP contribution in [-0.4, -0.2) is 41.7 Å². The maximum Gasteiger partial charge on any atom is 0.268 e. The van der Waals surface area contributed by atoms with Crippen LogP contribution in [0, 0.1) is 0 Å². The van der Waals surface area contributed by atoms with E-state index in [1.54, 1.807) is 36.4 Å². The molecule has 1 atom stereocenters. The van der Waals surface area contributed by atoms with Gasteiger partial charge in [-0.1, -0.05) is 66.2 Å². The molecule has 0 aliphatic carbocycles. The smallest absolute Gasteiger partial charge is 0.268 e. The lowest BCUT2D eigenvalue weighted by atomic mass is 10.0. The normalized spacial score (nSPS) is 19.5. The molecule has 1 saturated heterocycles. The maximum absolute atomic E-state index is 13.6. The van der Waals surface area contributed by atoms with Gasteiger partial charge in [0.25, 0.3) is 6.48 Å². The first kappa shape index (κ1) is 22.9. The molecule has 0 aromatic heterocycles. The Morgan fingerprint density at radius 1 is 0.938 bits per heavy atom. The Bertz CT molecular complexity index is 1150. The van der Waals surface area contributed by atoms with Crippen LogP contribution in [0.1, 0.15) is 18.4 Å². The van der Waals surface area contributed by atoms with E-state index in [-0.39, 0.29) is 17.9 Å². The number of ether oxygens (including phenoxy) is 1. The minimum atomic E-state index is -3.95. The fourth-order valence-electron chi connectivity index (χ4n) is 4.20. The highest BCUT2D eigenvalue weighted by Gasteiger charge is 2.50. The zero-order valence-electron chi connectivity index (χ0n) is 17.3. The minimum absolute atomic E-state index is 0.116. The molecule has 1 heterocycles. The largest absolute Gasteiger partial charge is 0.346 e. The lowest BCUT2D eigenvalue weighted by Gasteiger charge is -2.38. The monoisotopic (exact) mass is 473 g/mol. The highest BCUT2D eigenvalue weighted by molar-refractivity contribution is 7.89. The van der Waals surface area contributed by atoms with Gasteiger partial charge in [-0.25, -0.2) is 8.42 Å². The van der Waals surface area contributed by atoms with Crippen molar-refractivity contribution in [3.8, 4) is 11.1 Å². The van der Waals surface area contributed by atoms with E-state index < -0.39 is 22.2 Å². The topological polar surface area (TPSA) is 87.1 Å². The summed E-state index contributed by atoms with van der Waals surface area (Å²) in [5.74, 6) is 0. The van der Waals surface area contributed by atoms with E-state index >= 15 is 0 Å². The molecule has 0 amide bonds. The van der Waals surface area contributed by atoms with Crippen LogP contribution in [0.2, 0.25) is 5.02 Å². The first-order chi connectivity index (χ1) is 15.3. The molecule has 3 aromatic rings. The van der Waals surface area contributed by atoms with Crippen LogP contribution in [0.25, 0.3) is 11.1 Å². The summed E-state index contributed by atoms with van der Waals surface area (Å²) in [5.41, 5.74) is 1.24. The lowest BCUT2D eigenvalue weighted by Crippen LogP contribution is -2.52. The second-order valence-electron chi connectivity index (χ2n) is 7.76. The summed E-state index contributed by atoms with van der Waals surface area (Å²) in [7, 11) is -3.95. The number of benzene rings is 3. The highest BCUT2D eigenvalue weighted by Crippen LogP contribution is 2.39. The van der Waals surface area contributed by atoms with Crippen molar-refractivity contribution in [1.82, 2.24) is 4.31 Å². The van der Waals surface area contributed by atoms with Gasteiger partial charge in [0, 0.05) is 18.0 Å². The predicted molar refractivity (Wildman–Crippen MR) is 122 cm³/mol. The van der Waals surface area contributed by atoms with Crippen LogP contribution in [0.5, 0.6) is 0 Å². The van der Waals surface area contributed by atoms with Gasteiger partial charge in [0.1, 0.15) is 5.72 Å². The number of rotatable bonds is 7. The first-order valence-electron chi connectivity index (χ1n) is 10.3. The SMILES string of the molecule is O=S(=O)(c1ccc(-c2ccc(Cl)cc2)cc1)N1CCCC1(Cc1ccccc1)OC(O)O. The van der Waals surface area contributed by atoms with Gasteiger partial charge < -0.3 is 14.9 Å². The summed E-state index contributed by atoms with van der Waals surface area (Å²) in [5, 5.41) is 19.8. The van der Waals surface area contributed by atoms with Crippen molar-refractivity contribution in [2.45, 2.75) is 36.4 Å². The van der Waals surface area contributed by atoms with E-state index in [1.807, 2.05) is 42.5 Å². The van der Waals surface area contributed by atoms with Gasteiger partial charge in [-0.05, 0) is 53.8 Å². The molecule has 1 aliphatic rings. The second-order valence-corrected chi connectivity index (χ2v) is 10.1. The third-order valence-corrected chi connectivity index (χ3v) is 7.87. The minimum Gasteiger partial charge on any atom is -0.346 e. The van der Waals surface area contributed by atoms with Gasteiger partial charge in [-0.2, -0.15) is 4.31 Å². The molecule has 2 N–H and O–H groups in total. The van der Waals surface area contributed by atoms with Crippen LogP contribution >= 0.6 is 11.6 Å². The van der Waals surface area contributed by atoms with Crippen molar-refractivity contribution in [3.05, 3.63) is 89.4 Å². The van der Waals surface area contributed by atoms with Gasteiger partial charge in [0.05, 0.1) is 4.90 Å². The van der Waals surface area contributed by atoms with Crippen molar-refractivity contribution in [1.29, 1.82) is 0 Å². The summed E-state index contributed by atoms with van der Waals surface area (Å²) in [6.07, 6.45) is 1.09. The fourth-order valence-corrected chi connectivity index (χ4v) is 6.07. The van der Waals surface area contributed by atoms with Crippen molar-refractivity contribution in [2.75, 3.05) is 6.54 Å². The average molecular weight is 474 g/mol. The fraction of sp³-hybridized carbons (Fsp3) is 0.250. The third-order valence-electron chi connectivity index (χ3n) is 5.65. The lowest BCUT2D eigenvalue weighted by molar-refractivity contribution is -0.304. The number of hydrogen-bond donors (Lipinski definition) is 2. The molecule has 1 fully saturated rings. The van der Waals surface area contributed by atoms with Crippen LogP contribution < -0.4 is 0 Å². The summed E-state index contributed by atoms with van der Waals surface area (Å²) in [6.45, 7) is -1.87. The molecule has 1 unspecified atom stereocenters. The van der Waals surface area contributed by atoms with Gasteiger partial charge >= 0.3 is 0 Å². The second kappa shape index (κ2) is 9.31. The number of aliphatic hydroxyl groups is 2. The molecule has 8 heteroatoms. The molecule has 32 heavy (non-hydrogen) atoms. The molecule has 4 rings (SSSR count). The average Bonchev–Trinajstić information content (AvgIpc) is 3.18. The zero-order chi connectivity index (χ0) is 22.8. The summed E-state index contributed by atoms with van der Waals surface area (Å²) in [6, 6.07) is 23.2. The Balaban J connectivity index is 1.66. The van der Waals surface area contributed by atoms with Gasteiger partial charge in [-0.15, -0.1) is 0 Å². The van der Waals surface area contributed by atoms with Gasteiger partial charge in [0.2, 0.25) is 10.0 Å². The van der Waals surface area contributed by atoms with Crippen molar-refractivity contribution < 1.29 is 23.4 Å². The number of hydrogen-bond acceptors (Lipinski definition) is 5. The van der Waals surface area contributed by atoms with Crippen LogP contribution in [0.4, 0.5) is 0 Å². The number of nitrogens with zero attached hydrogens (tertiary/aromatic N) is 1. The number of sulfonamides is 1. The predicted octanol–water partition coefficient (Wildman–Crippen LogP) is 4.02. The van der Waals surface area contributed by atoms with E-state index in [0.29, 0.717) is 17.9 Å². The Hall–Kier alpha value is -2.26. The van der Waals surface area contributed by atoms with Crippen LogP contribution in [-0.2, 0) is 21.2 Å². The molecule has 3 aromatic carbocycles. The molecule has 6 nitrogen and oxygen atoms in total. The molecule has 0 spiro atoms. The van der Waals surface area contributed by atoms with E-state index in [4.69, 9.17) is 16.3 Å². The molecule has 1 aliphatic heterocycles.